The molecule has 1 aromatic carbocycles. The highest BCUT2D eigenvalue weighted by Gasteiger charge is 2.16. The summed E-state index contributed by atoms with van der Waals surface area (Å²) in [6.07, 6.45) is 0. The fourth-order valence-electron chi connectivity index (χ4n) is 1.71. The van der Waals surface area contributed by atoms with E-state index in [1.165, 1.54) is 11.3 Å². The standard InChI is InChI=1S/C14H10Br2N2OS/c1-7-8(2)20-14(12(7)6-17)18-13(19)9-3-10(15)5-11(16)4-9/h3-5H,1-2H3,(H,18,19). The molecule has 0 aliphatic carbocycles. The third-order valence-corrected chi connectivity index (χ3v) is 4.89. The molecule has 1 N–H and O–H groups in total. The van der Waals surface area contributed by atoms with E-state index in [1.54, 1.807) is 12.1 Å². The van der Waals surface area contributed by atoms with Gasteiger partial charge >= 0.3 is 0 Å². The van der Waals surface area contributed by atoms with Crippen molar-refractivity contribution in [2.24, 2.45) is 0 Å². The number of amides is 1. The van der Waals surface area contributed by atoms with Gasteiger partial charge in [-0.25, -0.2) is 0 Å². The minimum atomic E-state index is -0.232. The van der Waals surface area contributed by atoms with Gasteiger partial charge < -0.3 is 5.32 Å². The van der Waals surface area contributed by atoms with E-state index in [0.29, 0.717) is 16.1 Å². The topological polar surface area (TPSA) is 52.9 Å². The molecule has 0 aliphatic heterocycles. The molecule has 0 spiro atoms. The third kappa shape index (κ3) is 3.11. The quantitative estimate of drug-likeness (QED) is 0.751. The van der Waals surface area contributed by atoms with Crippen molar-refractivity contribution in [3.8, 4) is 6.07 Å². The first-order chi connectivity index (χ1) is 9.42. The molecule has 2 rings (SSSR count). The Balaban J connectivity index is 2.33. The molecule has 1 amide bonds. The summed E-state index contributed by atoms with van der Waals surface area (Å²) in [6.45, 7) is 3.82. The van der Waals surface area contributed by atoms with Gasteiger partial charge in [0.15, 0.2) is 0 Å². The summed E-state index contributed by atoms with van der Waals surface area (Å²) in [5.74, 6) is -0.232. The van der Waals surface area contributed by atoms with Crippen molar-refractivity contribution in [2.45, 2.75) is 13.8 Å². The Kier molecular flexibility index (Phi) is 4.63. The normalized spacial score (nSPS) is 10.2. The summed E-state index contributed by atoms with van der Waals surface area (Å²) < 4.78 is 1.63. The average molecular weight is 414 g/mol. The van der Waals surface area contributed by atoms with E-state index in [2.05, 4.69) is 43.2 Å². The van der Waals surface area contributed by atoms with E-state index < -0.39 is 0 Å². The number of thiophene rings is 1. The summed E-state index contributed by atoms with van der Waals surface area (Å²) in [5, 5.41) is 12.6. The van der Waals surface area contributed by atoms with Gasteiger partial charge in [0.1, 0.15) is 11.1 Å². The second kappa shape index (κ2) is 6.08. The second-order valence-corrected chi connectivity index (χ2v) is 7.27. The van der Waals surface area contributed by atoms with E-state index in [-0.39, 0.29) is 5.91 Å². The molecule has 3 nitrogen and oxygen atoms in total. The zero-order valence-electron chi connectivity index (χ0n) is 10.8. The highest BCUT2D eigenvalue weighted by Crippen LogP contribution is 2.32. The van der Waals surface area contributed by atoms with Crippen molar-refractivity contribution in [1.82, 2.24) is 0 Å². The molecule has 0 fully saturated rings. The first-order valence-electron chi connectivity index (χ1n) is 5.70. The number of carbonyl (C=O) groups excluding carboxylic acids is 1. The molecular formula is C14H10Br2N2OS. The number of carbonyl (C=O) groups is 1. The van der Waals surface area contributed by atoms with E-state index in [9.17, 15) is 10.1 Å². The number of hydrogen-bond donors (Lipinski definition) is 1. The Bertz CT molecular complexity index is 711. The fourth-order valence-corrected chi connectivity index (χ4v) is 4.01. The van der Waals surface area contributed by atoms with Crippen molar-refractivity contribution in [2.75, 3.05) is 5.32 Å². The first-order valence-corrected chi connectivity index (χ1v) is 8.10. The molecule has 20 heavy (non-hydrogen) atoms. The van der Waals surface area contributed by atoms with Crippen LogP contribution < -0.4 is 5.32 Å². The molecule has 1 aromatic heterocycles. The van der Waals surface area contributed by atoms with Crippen molar-refractivity contribution in [1.29, 1.82) is 5.26 Å². The number of nitrogens with one attached hydrogen (secondary N) is 1. The van der Waals surface area contributed by atoms with Crippen molar-refractivity contribution in [3.63, 3.8) is 0 Å². The van der Waals surface area contributed by atoms with Crippen LogP contribution in [0.25, 0.3) is 0 Å². The van der Waals surface area contributed by atoms with Gasteiger partial charge in [-0.2, -0.15) is 5.26 Å². The van der Waals surface area contributed by atoms with Crippen LogP contribution in [0, 0.1) is 25.2 Å². The van der Waals surface area contributed by atoms with Crippen LogP contribution in [-0.4, -0.2) is 5.91 Å². The Hall–Kier alpha value is -1.16. The van der Waals surface area contributed by atoms with Crippen LogP contribution in [-0.2, 0) is 0 Å². The van der Waals surface area contributed by atoms with Crippen LogP contribution in [0.3, 0.4) is 0 Å². The first kappa shape index (κ1) is 15.2. The average Bonchev–Trinajstić information content (AvgIpc) is 2.63. The maximum atomic E-state index is 12.3. The van der Waals surface area contributed by atoms with Crippen LogP contribution >= 0.6 is 43.2 Å². The molecular weight excluding hydrogens is 404 g/mol. The van der Waals surface area contributed by atoms with Crippen LogP contribution in [0.5, 0.6) is 0 Å². The molecule has 2 aromatic rings. The van der Waals surface area contributed by atoms with E-state index in [4.69, 9.17) is 0 Å². The van der Waals surface area contributed by atoms with Crippen LogP contribution in [0.15, 0.2) is 27.1 Å². The molecule has 102 valence electrons. The Morgan fingerprint density at radius 2 is 1.85 bits per heavy atom. The molecule has 0 aliphatic rings. The van der Waals surface area contributed by atoms with Gasteiger partial charge in [-0.05, 0) is 37.6 Å². The molecule has 0 unspecified atom stereocenters. The minimum absolute atomic E-state index is 0.232. The number of rotatable bonds is 2. The molecule has 0 saturated heterocycles. The molecule has 0 radical (unpaired) electrons. The van der Waals surface area contributed by atoms with Gasteiger partial charge in [-0.15, -0.1) is 11.3 Å². The lowest BCUT2D eigenvalue weighted by atomic mass is 10.2. The van der Waals surface area contributed by atoms with Gasteiger partial charge in [-0.3, -0.25) is 4.79 Å². The summed E-state index contributed by atoms with van der Waals surface area (Å²) in [4.78, 5) is 13.3. The van der Waals surface area contributed by atoms with E-state index >= 15 is 0 Å². The number of benzene rings is 1. The SMILES string of the molecule is Cc1sc(NC(=O)c2cc(Br)cc(Br)c2)c(C#N)c1C. The van der Waals surface area contributed by atoms with Gasteiger partial charge in [0.25, 0.3) is 5.91 Å². The zero-order valence-corrected chi connectivity index (χ0v) is 14.7. The highest BCUT2D eigenvalue weighted by atomic mass is 79.9. The van der Waals surface area contributed by atoms with Crippen molar-refractivity contribution < 1.29 is 4.79 Å². The lowest BCUT2D eigenvalue weighted by Gasteiger charge is -2.05. The maximum absolute atomic E-state index is 12.3. The molecule has 6 heteroatoms. The van der Waals surface area contributed by atoms with Crippen LogP contribution in [0.1, 0.15) is 26.4 Å². The Labute approximate surface area is 137 Å². The van der Waals surface area contributed by atoms with Gasteiger partial charge in [0, 0.05) is 19.4 Å². The molecule has 0 bridgehead atoms. The Morgan fingerprint density at radius 1 is 1.25 bits per heavy atom. The van der Waals surface area contributed by atoms with Gasteiger partial charge in [0.2, 0.25) is 0 Å². The largest absolute Gasteiger partial charge is 0.312 e. The number of hydrogen-bond acceptors (Lipinski definition) is 3. The Morgan fingerprint density at radius 3 is 2.40 bits per heavy atom. The molecule has 0 saturated carbocycles. The minimum Gasteiger partial charge on any atom is -0.312 e. The summed E-state index contributed by atoms with van der Waals surface area (Å²) in [7, 11) is 0. The van der Waals surface area contributed by atoms with Crippen molar-refractivity contribution >= 4 is 54.1 Å². The lowest BCUT2D eigenvalue weighted by molar-refractivity contribution is 0.102. The lowest BCUT2D eigenvalue weighted by Crippen LogP contribution is -2.11. The summed E-state index contributed by atoms with van der Waals surface area (Å²) in [5.41, 5.74) is 1.98. The molecule has 1 heterocycles. The van der Waals surface area contributed by atoms with E-state index in [1.807, 2.05) is 19.9 Å². The molecule has 0 atom stereocenters. The second-order valence-electron chi connectivity index (χ2n) is 4.21. The summed E-state index contributed by atoms with van der Waals surface area (Å²) in [6, 6.07) is 7.47. The van der Waals surface area contributed by atoms with Gasteiger partial charge in [0.05, 0.1) is 5.56 Å². The smallest absolute Gasteiger partial charge is 0.256 e. The predicted molar refractivity (Wildman–Crippen MR) is 88.3 cm³/mol. The van der Waals surface area contributed by atoms with Gasteiger partial charge in [-0.1, -0.05) is 31.9 Å². The zero-order chi connectivity index (χ0) is 14.9. The third-order valence-electron chi connectivity index (χ3n) is 2.85. The number of halogens is 2. The van der Waals surface area contributed by atoms with Crippen LogP contribution in [0.2, 0.25) is 0 Å². The predicted octanol–water partition coefficient (Wildman–Crippen LogP) is 5.01. The highest BCUT2D eigenvalue weighted by molar-refractivity contribution is 9.11. The summed E-state index contributed by atoms with van der Waals surface area (Å²) >= 11 is 8.12. The fraction of sp³-hybridized carbons (Fsp3) is 0.143. The van der Waals surface area contributed by atoms with E-state index in [0.717, 1.165) is 19.4 Å². The van der Waals surface area contributed by atoms with Crippen LogP contribution in [0.4, 0.5) is 5.00 Å². The monoisotopic (exact) mass is 412 g/mol. The number of nitrogens with zero attached hydrogens (tertiary/aromatic N) is 1. The number of aryl methyl sites for hydroxylation is 1. The number of nitriles is 1. The van der Waals surface area contributed by atoms with Crippen molar-refractivity contribution in [3.05, 3.63) is 48.7 Å². The number of anilines is 1. The maximum Gasteiger partial charge on any atom is 0.256 e.